The van der Waals surface area contributed by atoms with Crippen LogP contribution in [-0.2, 0) is 4.74 Å². The minimum Gasteiger partial charge on any atom is -0.395 e. The molecular weight excluding hydrogens is 256 g/mol. The zero-order valence-electron chi connectivity index (χ0n) is 10.1. The van der Waals surface area contributed by atoms with E-state index in [0.717, 1.165) is 6.07 Å². The Morgan fingerprint density at radius 3 is 2.74 bits per heavy atom. The predicted molar refractivity (Wildman–Crippen MR) is 62.7 cm³/mol. The molecule has 1 aliphatic heterocycles. The third-order valence-electron chi connectivity index (χ3n) is 3.00. The van der Waals surface area contributed by atoms with Gasteiger partial charge in [-0.25, -0.2) is 0 Å². The van der Waals surface area contributed by atoms with E-state index in [1.807, 2.05) is 0 Å². The molecule has 0 bridgehead atoms. The lowest BCUT2D eigenvalue weighted by Crippen LogP contribution is -2.46. The molecule has 0 radical (unpaired) electrons. The van der Waals surface area contributed by atoms with Crippen molar-refractivity contribution in [2.45, 2.75) is 18.4 Å². The summed E-state index contributed by atoms with van der Waals surface area (Å²) in [6.45, 7) is 0.945. The second-order valence-corrected chi connectivity index (χ2v) is 4.41. The van der Waals surface area contributed by atoms with Gasteiger partial charge in [0.15, 0.2) is 5.76 Å². The zero-order valence-corrected chi connectivity index (χ0v) is 10.1. The summed E-state index contributed by atoms with van der Waals surface area (Å²) in [7, 11) is 0. The second kappa shape index (κ2) is 5.37. The number of furan rings is 1. The molecule has 2 rings (SSSR count). The fourth-order valence-electron chi connectivity index (χ4n) is 1.81. The SMILES string of the molecule is O=C(NCC1(O)CCOCC1)c1ccc([N+](=O)[O-])o1. The fraction of sp³-hybridized carbons (Fsp3) is 0.545. The monoisotopic (exact) mass is 270 g/mol. The van der Waals surface area contributed by atoms with Gasteiger partial charge in [0.2, 0.25) is 0 Å². The first-order valence-corrected chi connectivity index (χ1v) is 5.83. The molecule has 1 aliphatic rings. The molecule has 1 saturated heterocycles. The van der Waals surface area contributed by atoms with Crippen LogP contribution < -0.4 is 5.32 Å². The molecule has 1 amide bonds. The highest BCUT2D eigenvalue weighted by Crippen LogP contribution is 2.20. The smallest absolute Gasteiger partial charge is 0.395 e. The Kier molecular flexibility index (Phi) is 3.82. The van der Waals surface area contributed by atoms with Gasteiger partial charge in [-0.3, -0.25) is 14.9 Å². The molecule has 0 unspecified atom stereocenters. The number of carbonyl (C=O) groups excluding carboxylic acids is 1. The third kappa shape index (κ3) is 3.30. The largest absolute Gasteiger partial charge is 0.433 e. The number of carbonyl (C=O) groups is 1. The number of nitrogens with one attached hydrogen (secondary N) is 1. The molecule has 0 aromatic carbocycles. The topological polar surface area (TPSA) is 115 Å². The van der Waals surface area contributed by atoms with Gasteiger partial charge in [-0.2, -0.15) is 0 Å². The molecule has 104 valence electrons. The quantitative estimate of drug-likeness (QED) is 0.606. The molecule has 8 nitrogen and oxygen atoms in total. The summed E-state index contributed by atoms with van der Waals surface area (Å²) in [6.07, 6.45) is 0.872. The maximum atomic E-state index is 11.7. The lowest BCUT2D eigenvalue weighted by Gasteiger charge is -2.31. The van der Waals surface area contributed by atoms with Crippen LogP contribution in [0.5, 0.6) is 0 Å². The Hall–Kier alpha value is -1.93. The third-order valence-corrected chi connectivity index (χ3v) is 3.00. The van der Waals surface area contributed by atoms with Crippen LogP contribution >= 0.6 is 0 Å². The predicted octanol–water partition coefficient (Wildman–Crippen LogP) is 0.459. The molecule has 8 heteroatoms. The number of hydrogen-bond acceptors (Lipinski definition) is 6. The fourth-order valence-corrected chi connectivity index (χ4v) is 1.81. The highest BCUT2D eigenvalue weighted by atomic mass is 16.6. The van der Waals surface area contributed by atoms with Crippen molar-refractivity contribution in [3.8, 4) is 0 Å². The van der Waals surface area contributed by atoms with Crippen LogP contribution in [0.2, 0.25) is 0 Å². The molecule has 1 aromatic rings. The van der Waals surface area contributed by atoms with Crippen LogP contribution in [-0.4, -0.2) is 41.3 Å². The van der Waals surface area contributed by atoms with Crippen molar-refractivity contribution in [2.75, 3.05) is 19.8 Å². The molecular formula is C11H14N2O6. The highest BCUT2D eigenvalue weighted by Gasteiger charge is 2.30. The van der Waals surface area contributed by atoms with Crippen molar-refractivity contribution >= 4 is 11.8 Å². The van der Waals surface area contributed by atoms with Crippen molar-refractivity contribution in [1.82, 2.24) is 5.32 Å². The van der Waals surface area contributed by atoms with Crippen LogP contribution in [0.3, 0.4) is 0 Å². The van der Waals surface area contributed by atoms with Crippen molar-refractivity contribution in [1.29, 1.82) is 0 Å². The molecule has 1 aromatic heterocycles. The molecule has 19 heavy (non-hydrogen) atoms. The van der Waals surface area contributed by atoms with Gasteiger partial charge in [-0.15, -0.1) is 0 Å². The van der Waals surface area contributed by atoms with Gasteiger partial charge in [-0.05, 0) is 6.07 Å². The normalized spacial score (nSPS) is 17.9. The molecule has 1 fully saturated rings. The van der Waals surface area contributed by atoms with Crippen molar-refractivity contribution in [3.05, 3.63) is 28.0 Å². The first-order valence-electron chi connectivity index (χ1n) is 5.83. The van der Waals surface area contributed by atoms with E-state index < -0.39 is 22.3 Å². The van der Waals surface area contributed by atoms with E-state index >= 15 is 0 Å². The summed E-state index contributed by atoms with van der Waals surface area (Å²) in [5.74, 6) is -1.23. The number of nitrogens with zero attached hydrogens (tertiary/aromatic N) is 1. The maximum Gasteiger partial charge on any atom is 0.433 e. The van der Waals surface area contributed by atoms with E-state index in [1.165, 1.54) is 6.07 Å². The summed E-state index contributed by atoms with van der Waals surface area (Å²) < 4.78 is 9.88. The van der Waals surface area contributed by atoms with Gasteiger partial charge in [0.25, 0.3) is 5.91 Å². The maximum absolute atomic E-state index is 11.7. The van der Waals surface area contributed by atoms with E-state index in [0.29, 0.717) is 26.1 Å². The first-order chi connectivity index (χ1) is 9.00. The number of ether oxygens (including phenoxy) is 1. The van der Waals surface area contributed by atoms with Crippen LogP contribution in [0.25, 0.3) is 0 Å². The van der Waals surface area contributed by atoms with E-state index in [-0.39, 0.29) is 12.3 Å². The van der Waals surface area contributed by atoms with Gasteiger partial charge in [-0.1, -0.05) is 0 Å². The standard InChI is InChI=1S/C11H14N2O6/c14-10(8-1-2-9(19-8)13(16)17)12-7-11(15)3-5-18-6-4-11/h1-2,15H,3-7H2,(H,12,14). The summed E-state index contributed by atoms with van der Waals surface area (Å²) in [4.78, 5) is 21.4. The van der Waals surface area contributed by atoms with E-state index in [4.69, 9.17) is 9.15 Å². The second-order valence-electron chi connectivity index (χ2n) is 4.41. The summed E-state index contributed by atoms with van der Waals surface area (Å²) in [6, 6.07) is 2.33. The molecule has 2 heterocycles. The average molecular weight is 270 g/mol. The number of aliphatic hydroxyl groups is 1. The summed E-state index contributed by atoms with van der Waals surface area (Å²) in [5, 5.41) is 23.0. The van der Waals surface area contributed by atoms with Gasteiger partial charge < -0.3 is 19.6 Å². The van der Waals surface area contributed by atoms with Crippen LogP contribution in [0.4, 0.5) is 5.88 Å². The molecule has 0 spiro atoms. The highest BCUT2D eigenvalue weighted by molar-refractivity contribution is 5.91. The number of rotatable bonds is 4. The number of nitro groups is 1. The summed E-state index contributed by atoms with van der Waals surface area (Å²) >= 11 is 0. The Labute approximate surface area is 108 Å². The Morgan fingerprint density at radius 2 is 2.16 bits per heavy atom. The van der Waals surface area contributed by atoms with Gasteiger partial charge in [0.1, 0.15) is 4.92 Å². The molecule has 0 atom stereocenters. The lowest BCUT2D eigenvalue weighted by molar-refractivity contribution is -0.402. The van der Waals surface area contributed by atoms with E-state index in [9.17, 15) is 20.0 Å². The summed E-state index contributed by atoms with van der Waals surface area (Å²) in [5.41, 5.74) is -0.994. The van der Waals surface area contributed by atoms with Gasteiger partial charge in [0, 0.05) is 32.6 Å². The minimum atomic E-state index is -0.994. The van der Waals surface area contributed by atoms with Crippen molar-refractivity contribution in [2.24, 2.45) is 0 Å². The van der Waals surface area contributed by atoms with E-state index in [2.05, 4.69) is 5.32 Å². The Balaban J connectivity index is 1.91. The lowest BCUT2D eigenvalue weighted by atomic mass is 9.94. The number of amides is 1. The number of hydrogen-bond donors (Lipinski definition) is 2. The molecule has 0 aliphatic carbocycles. The van der Waals surface area contributed by atoms with Crippen LogP contribution in [0, 0.1) is 10.1 Å². The zero-order chi connectivity index (χ0) is 13.9. The van der Waals surface area contributed by atoms with E-state index in [1.54, 1.807) is 0 Å². The van der Waals surface area contributed by atoms with Crippen LogP contribution in [0.1, 0.15) is 23.4 Å². The minimum absolute atomic E-state index is 0.0592. The Morgan fingerprint density at radius 1 is 1.47 bits per heavy atom. The van der Waals surface area contributed by atoms with Gasteiger partial charge >= 0.3 is 5.88 Å². The average Bonchev–Trinajstić information content (AvgIpc) is 2.87. The van der Waals surface area contributed by atoms with Crippen molar-refractivity contribution < 1.29 is 24.0 Å². The van der Waals surface area contributed by atoms with Crippen molar-refractivity contribution in [3.63, 3.8) is 0 Å². The van der Waals surface area contributed by atoms with Crippen LogP contribution in [0.15, 0.2) is 16.5 Å². The first kappa shape index (κ1) is 13.5. The Bertz CT molecular complexity index is 477. The molecule has 2 N–H and O–H groups in total. The molecule has 0 saturated carbocycles. The van der Waals surface area contributed by atoms with Gasteiger partial charge in [0.05, 0.1) is 11.7 Å².